The minimum absolute atomic E-state index is 0.0739. The van der Waals surface area contributed by atoms with Crippen molar-refractivity contribution in [1.82, 2.24) is 15.2 Å². The van der Waals surface area contributed by atoms with Crippen LogP contribution in [0.15, 0.2) is 18.5 Å². The normalized spacial score (nSPS) is 19.4. The Morgan fingerprint density at radius 2 is 2.05 bits per heavy atom. The van der Waals surface area contributed by atoms with E-state index in [4.69, 9.17) is 5.73 Å². The van der Waals surface area contributed by atoms with Crippen LogP contribution in [0.3, 0.4) is 0 Å². The molecule has 6 nitrogen and oxygen atoms in total. The molecule has 19 heavy (non-hydrogen) atoms. The van der Waals surface area contributed by atoms with Crippen LogP contribution in [-0.2, 0) is 0 Å². The first-order valence-electron chi connectivity index (χ1n) is 6.74. The van der Waals surface area contributed by atoms with Crippen LogP contribution in [0.25, 0.3) is 0 Å². The van der Waals surface area contributed by atoms with Crippen molar-refractivity contribution in [3.8, 4) is 0 Å². The van der Waals surface area contributed by atoms with Crippen LogP contribution in [0.1, 0.15) is 12.8 Å². The maximum atomic E-state index is 11.9. The molecule has 0 unspecified atom stereocenters. The number of rotatable bonds is 2. The van der Waals surface area contributed by atoms with Crippen molar-refractivity contribution in [2.75, 3.05) is 36.8 Å². The molecular formula is C13H19N5O. The van der Waals surface area contributed by atoms with Gasteiger partial charge in [0.05, 0.1) is 17.6 Å². The van der Waals surface area contributed by atoms with E-state index in [-0.39, 0.29) is 6.03 Å². The molecule has 2 amide bonds. The van der Waals surface area contributed by atoms with E-state index in [1.165, 1.54) is 0 Å². The Kier molecular flexibility index (Phi) is 3.15. The Morgan fingerprint density at radius 1 is 1.32 bits per heavy atom. The van der Waals surface area contributed by atoms with Gasteiger partial charge in [-0.15, -0.1) is 0 Å². The lowest BCUT2D eigenvalue weighted by Crippen LogP contribution is -2.52. The molecular weight excluding hydrogens is 242 g/mol. The third-order valence-electron chi connectivity index (χ3n) is 3.64. The van der Waals surface area contributed by atoms with Gasteiger partial charge in [0.2, 0.25) is 0 Å². The van der Waals surface area contributed by atoms with E-state index in [2.05, 4.69) is 15.2 Å². The summed E-state index contributed by atoms with van der Waals surface area (Å²) in [5.41, 5.74) is 7.63. The average Bonchev–Trinajstić information content (AvgIpc) is 3.23. The molecule has 102 valence electrons. The van der Waals surface area contributed by atoms with Crippen LogP contribution < -0.4 is 16.0 Å². The van der Waals surface area contributed by atoms with Gasteiger partial charge in [0.1, 0.15) is 0 Å². The number of nitrogens with one attached hydrogen (secondary N) is 1. The smallest absolute Gasteiger partial charge is 0.317 e. The fourth-order valence-electron chi connectivity index (χ4n) is 2.33. The van der Waals surface area contributed by atoms with Crippen LogP contribution in [0.4, 0.5) is 16.2 Å². The summed E-state index contributed by atoms with van der Waals surface area (Å²) < 4.78 is 0. The molecule has 6 heteroatoms. The number of nitrogens with two attached hydrogens (primary N) is 1. The fourth-order valence-corrected chi connectivity index (χ4v) is 2.33. The molecule has 0 atom stereocenters. The van der Waals surface area contributed by atoms with Crippen LogP contribution in [-0.4, -0.2) is 48.1 Å². The lowest BCUT2D eigenvalue weighted by molar-refractivity contribution is 0.194. The highest BCUT2D eigenvalue weighted by Gasteiger charge is 2.28. The van der Waals surface area contributed by atoms with Crippen LogP contribution >= 0.6 is 0 Å². The molecule has 0 aromatic carbocycles. The summed E-state index contributed by atoms with van der Waals surface area (Å²) in [6.07, 6.45) is 5.66. The summed E-state index contributed by atoms with van der Waals surface area (Å²) >= 11 is 0. The first-order valence-corrected chi connectivity index (χ1v) is 6.74. The Morgan fingerprint density at radius 3 is 2.68 bits per heavy atom. The van der Waals surface area contributed by atoms with Crippen molar-refractivity contribution < 1.29 is 4.79 Å². The van der Waals surface area contributed by atoms with Crippen molar-refractivity contribution in [3.63, 3.8) is 0 Å². The molecule has 0 radical (unpaired) electrons. The molecule has 1 aromatic rings. The summed E-state index contributed by atoms with van der Waals surface area (Å²) in [5, 5.41) is 3.02. The fraction of sp³-hybridized carbons (Fsp3) is 0.538. The Labute approximate surface area is 112 Å². The Bertz CT molecular complexity index is 466. The monoisotopic (exact) mass is 261 g/mol. The van der Waals surface area contributed by atoms with Crippen molar-refractivity contribution in [3.05, 3.63) is 18.5 Å². The van der Waals surface area contributed by atoms with E-state index in [1.807, 2.05) is 11.0 Å². The largest absolute Gasteiger partial charge is 0.396 e. The molecule has 3 N–H and O–H groups in total. The van der Waals surface area contributed by atoms with E-state index in [0.717, 1.165) is 44.7 Å². The molecule has 3 rings (SSSR count). The number of carbonyl (C=O) groups is 1. The maximum absolute atomic E-state index is 11.9. The van der Waals surface area contributed by atoms with Gasteiger partial charge in [0.15, 0.2) is 0 Å². The summed E-state index contributed by atoms with van der Waals surface area (Å²) in [4.78, 5) is 20.0. The van der Waals surface area contributed by atoms with Gasteiger partial charge in [-0.1, -0.05) is 0 Å². The van der Waals surface area contributed by atoms with Crippen molar-refractivity contribution in [2.45, 2.75) is 18.9 Å². The van der Waals surface area contributed by atoms with Crippen molar-refractivity contribution >= 4 is 17.4 Å². The molecule has 0 spiro atoms. The predicted octanol–water partition coefficient (Wildman–Crippen LogP) is 0.658. The summed E-state index contributed by atoms with van der Waals surface area (Å²) in [7, 11) is 0. The zero-order valence-electron chi connectivity index (χ0n) is 10.9. The zero-order chi connectivity index (χ0) is 13.2. The van der Waals surface area contributed by atoms with Gasteiger partial charge in [0, 0.05) is 38.4 Å². The van der Waals surface area contributed by atoms with Crippen LogP contribution in [0, 0.1) is 0 Å². The second-order valence-electron chi connectivity index (χ2n) is 5.13. The number of pyridine rings is 1. The minimum atomic E-state index is 0.0739. The maximum Gasteiger partial charge on any atom is 0.317 e. The minimum Gasteiger partial charge on any atom is -0.396 e. The predicted molar refractivity (Wildman–Crippen MR) is 74.0 cm³/mol. The van der Waals surface area contributed by atoms with Crippen molar-refractivity contribution in [1.29, 1.82) is 0 Å². The first-order chi connectivity index (χ1) is 9.24. The number of anilines is 2. The third kappa shape index (κ3) is 2.72. The molecule has 1 aliphatic carbocycles. The molecule has 1 saturated heterocycles. The number of nitrogens with zero attached hydrogens (tertiary/aromatic N) is 3. The summed E-state index contributed by atoms with van der Waals surface area (Å²) in [5.74, 6) is 0. The van der Waals surface area contributed by atoms with Crippen LogP contribution in [0.5, 0.6) is 0 Å². The first kappa shape index (κ1) is 12.1. The second kappa shape index (κ2) is 4.95. The van der Waals surface area contributed by atoms with Gasteiger partial charge in [-0.25, -0.2) is 4.79 Å². The lowest BCUT2D eigenvalue weighted by atomic mass is 10.2. The van der Waals surface area contributed by atoms with Crippen LogP contribution in [0.2, 0.25) is 0 Å². The van der Waals surface area contributed by atoms with Gasteiger partial charge in [-0.3, -0.25) is 4.98 Å². The summed E-state index contributed by atoms with van der Waals surface area (Å²) in [6.45, 7) is 3.10. The lowest BCUT2D eigenvalue weighted by Gasteiger charge is -2.36. The van der Waals surface area contributed by atoms with E-state index in [1.54, 1.807) is 12.4 Å². The number of hydrogen-bond acceptors (Lipinski definition) is 4. The Hall–Kier alpha value is -1.98. The quantitative estimate of drug-likeness (QED) is 0.820. The van der Waals surface area contributed by atoms with Gasteiger partial charge in [-0.2, -0.15) is 0 Å². The van der Waals surface area contributed by atoms with E-state index in [0.29, 0.717) is 11.7 Å². The number of urea groups is 1. The molecule has 1 aliphatic heterocycles. The number of aromatic nitrogens is 1. The van der Waals surface area contributed by atoms with E-state index >= 15 is 0 Å². The zero-order valence-corrected chi connectivity index (χ0v) is 10.9. The highest BCUT2D eigenvalue weighted by molar-refractivity contribution is 5.75. The highest BCUT2D eigenvalue weighted by Crippen LogP contribution is 2.23. The topological polar surface area (TPSA) is 74.5 Å². The van der Waals surface area contributed by atoms with E-state index in [9.17, 15) is 4.79 Å². The Balaban J connectivity index is 1.57. The average molecular weight is 261 g/mol. The number of nitrogen functional groups attached to an aromatic ring is 1. The second-order valence-corrected chi connectivity index (χ2v) is 5.13. The third-order valence-corrected chi connectivity index (χ3v) is 3.64. The highest BCUT2D eigenvalue weighted by atomic mass is 16.2. The molecule has 2 fully saturated rings. The van der Waals surface area contributed by atoms with Gasteiger partial charge < -0.3 is 20.9 Å². The van der Waals surface area contributed by atoms with E-state index < -0.39 is 0 Å². The summed E-state index contributed by atoms with van der Waals surface area (Å²) in [6, 6.07) is 2.42. The molecule has 1 saturated carbocycles. The van der Waals surface area contributed by atoms with Gasteiger partial charge >= 0.3 is 6.03 Å². The standard InChI is InChI=1S/C13H19N5O/c14-11-9-15-4-3-12(11)17-5-7-18(8-6-17)13(19)16-10-1-2-10/h3-4,9-10H,1-2,5-8,14H2,(H,16,19). The number of amides is 2. The molecule has 0 bridgehead atoms. The molecule has 2 heterocycles. The number of hydrogen-bond donors (Lipinski definition) is 2. The van der Waals surface area contributed by atoms with Gasteiger partial charge in [0.25, 0.3) is 0 Å². The number of piperazine rings is 1. The number of carbonyl (C=O) groups excluding carboxylic acids is 1. The van der Waals surface area contributed by atoms with Crippen molar-refractivity contribution in [2.24, 2.45) is 0 Å². The molecule has 1 aromatic heterocycles. The van der Waals surface area contributed by atoms with Gasteiger partial charge in [-0.05, 0) is 18.9 Å². The SMILES string of the molecule is Nc1cnccc1N1CCN(C(=O)NC2CC2)CC1. The molecule has 2 aliphatic rings.